The number of amides is 4. The third-order valence-corrected chi connectivity index (χ3v) is 5.45. The average Bonchev–Trinajstić information content (AvgIpc) is 2.85. The first kappa shape index (κ1) is 21.1. The first-order valence-electron chi connectivity index (χ1n) is 8.34. The van der Waals surface area contributed by atoms with Gasteiger partial charge in [-0.3, -0.25) is 14.5 Å². The first-order valence-corrected chi connectivity index (χ1v) is 9.33. The van der Waals surface area contributed by atoms with Crippen LogP contribution in [0.3, 0.4) is 0 Å². The van der Waals surface area contributed by atoms with Gasteiger partial charge in [0.05, 0.1) is 11.4 Å². The molecule has 0 bridgehead atoms. The van der Waals surface area contributed by atoms with E-state index in [0.29, 0.717) is 24.6 Å². The quantitative estimate of drug-likeness (QED) is 0.540. The van der Waals surface area contributed by atoms with Crippen molar-refractivity contribution in [1.82, 2.24) is 10.2 Å². The van der Waals surface area contributed by atoms with Crippen LogP contribution in [0, 0.1) is 0 Å². The van der Waals surface area contributed by atoms with Gasteiger partial charge in [0.15, 0.2) is 0 Å². The number of para-hydroxylation sites is 1. The summed E-state index contributed by atoms with van der Waals surface area (Å²) >= 11 is 0.547. The first-order chi connectivity index (χ1) is 12.6. The van der Waals surface area contributed by atoms with Crippen LogP contribution < -0.4 is 10.6 Å². The van der Waals surface area contributed by atoms with Crippen LogP contribution in [0.15, 0.2) is 29.2 Å². The van der Waals surface area contributed by atoms with Crippen LogP contribution in [0.1, 0.15) is 26.7 Å². The van der Waals surface area contributed by atoms with Crippen molar-refractivity contribution in [1.29, 1.82) is 0 Å². The van der Waals surface area contributed by atoms with Crippen LogP contribution in [0.2, 0.25) is 0 Å². The van der Waals surface area contributed by atoms with Crippen molar-refractivity contribution in [2.24, 2.45) is 0 Å². The molecule has 1 aliphatic rings. The molecule has 148 valence electrons. The van der Waals surface area contributed by atoms with E-state index in [4.69, 9.17) is 0 Å². The van der Waals surface area contributed by atoms with Gasteiger partial charge in [-0.1, -0.05) is 26.0 Å². The molecule has 1 fully saturated rings. The lowest BCUT2D eigenvalue weighted by Crippen LogP contribution is -2.46. The molecule has 0 atom stereocenters. The molecule has 0 saturated carbocycles. The Bertz CT molecular complexity index is 736. The van der Waals surface area contributed by atoms with Gasteiger partial charge in [0.2, 0.25) is 5.91 Å². The summed E-state index contributed by atoms with van der Waals surface area (Å²) in [6.07, 6.45) is -3.56. The molecular weight excluding hydrogens is 383 g/mol. The molecule has 4 amide bonds. The average molecular weight is 403 g/mol. The Balaban J connectivity index is 2.06. The van der Waals surface area contributed by atoms with E-state index >= 15 is 0 Å². The number of thioether (sulfide) groups is 1. The summed E-state index contributed by atoms with van der Waals surface area (Å²) in [4.78, 5) is 37.9. The number of rotatable bonds is 7. The van der Waals surface area contributed by atoms with Gasteiger partial charge in [0.25, 0.3) is 5.91 Å². The smallest absolute Gasteiger partial charge is 0.324 e. The number of hydrogen-bond donors (Lipinski definition) is 2. The molecule has 1 aliphatic heterocycles. The third kappa shape index (κ3) is 4.94. The molecule has 0 aromatic heterocycles. The number of nitrogens with zero attached hydrogens (tertiary/aromatic N) is 1. The number of hydrogen-bond acceptors (Lipinski definition) is 4. The van der Waals surface area contributed by atoms with Crippen molar-refractivity contribution in [2.45, 2.75) is 43.3 Å². The topological polar surface area (TPSA) is 78.5 Å². The molecule has 10 heteroatoms. The molecule has 1 heterocycles. The van der Waals surface area contributed by atoms with E-state index in [2.05, 4.69) is 10.6 Å². The zero-order valence-electron chi connectivity index (χ0n) is 14.9. The molecule has 2 rings (SSSR count). The fraction of sp³-hybridized carbons (Fsp3) is 0.471. The van der Waals surface area contributed by atoms with E-state index in [1.165, 1.54) is 12.1 Å². The highest BCUT2D eigenvalue weighted by molar-refractivity contribution is 7.99. The van der Waals surface area contributed by atoms with Gasteiger partial charge in [0, 0.05) is 4.90 Å². The number of carbonyl (C=O) groups excluding carboxylic acids is 3. The second-order valence-electron chi connectivity index (χ2n) is 6.06. The van der Waals surface area contributed by atoms with Crippen LogP contribution in [-0.2, 0) is 9.59 Å². The fourth-order valence-electron chi connectivity index (χ4n) is 2.74. The maximum Gasteiger partial charge on any atom is 0.398 e. The maximum atomic E-state index is 12.5. The molecular formula is C17H20F3N3O3S. The van der Waals surface area contributed by atoms with E-state index in [9.17, 15) is 27.6 Å². The highest BCUT2D eigenvalue weighted by atomic mass is 32.2. The lowest BCUT2D eigenvalue weighted by atomic mass is 9.93. The van der Waals surface area contributed by atoms with E-state index in [1.807, 2.05) is 0 Å². The van der Waals surface area contributed by atoms with Crippen LogP contribution in [-0.4, -0.2) is 46.8 Å². The van der Waals surface area contributed by atoms with Crippen molar-refractivity contribution in [3.8, 4) is 0 Å². The maximum absolute atomic E-state index is 12.5. The summed E-state index contributed by atoms with van der Waals surface area (Å²) in [5, 5.41) is 5.09. The predicted molar refractivity (Wildman–Crippen MR) is 95.4 cm³/mol. The molecule has 2 N–H and O–H groups in total. The highest BCUT2D eigenvalue weighted by Crippen LogP contribution is 2.32. The van der Waals surface area contributed by atoms with Gasteiger partial charge < -0.3 is 10.6 Å². The molecule has 0 spiro atoms. The normalized spacial score (nSPS) is 16.4. The summed E-state index contributed by atoms with van der Waals surface area (Å²) in [5.74, 6) is -2.24. The summed E-state index contributed by atoms with van der Waals surface area (Å²) in [6.45, 7) is 3.02. The summed E-state index contributed by atoms with van der Waals surface area (Å²) in [7, 11) is 0. The molecule has 1 aromatic rings. The SMILES string of the molecule is CCC1(CC)NC(=O)N(CC(=O)Nc2ccccc2SCC(F)(F)F)C1=O. The molecule has 27 heavy (non-hydrogen) atoms. The van der Waals surface area contributed by atoms with Crippen LogP contribution in [0.4, 0.5) is 23.7 Å². The lowest BCUT2D eigenvalue weighted by molar-refractivity contribution is -0.134. The lowest BCUT2D eigenvalue weighted by Gasteiger charge is -2.23. The Hall–Kier alpha value is -2.23. The van der Waals surface area contributed by atoms with Gasteiger partial charge >= 0.3 is 12.2 Å². The Labute approximate surface area is 158 Å². The third-order valence-electron chi connectivity index (χ3n) is 4.31. The molecule has 6 nitrogen and oxygen atoms in total. The fourth-order valence-corrected chi connectivity index (χ4v) is 3.51. The summed E-state index contributed by atoms with van der Waals surface area (Å²) < 4.78 is 37.3. The molecule has 1 saturated heterocycles. The Morgan fingerprint density at radius 3 is 2.41 bits per heavy atom. The number of carbonyl (C=O) groups is 3. The number of halogens is 3. The van der Waals surface area contributed by atoms with Crippen LogP contribution in [0.25, 0.3) is 0 Å². The van der Waals surface area contributed by atoms with Crippen molar-refractivity contribution in [3.63, 3.8) is 0 Å². The van der Waals surface area contributed by atoms with Gasteiger partial charge in [-0.2, -0.15) is 13.2 Å². The van der Waals surface area contributed by atoms with Gasteiger partial charge in [-0.05, 0) is 25.0 Å². The monoisotopic (exact) mass is 403 g/mol. The van der Waals surface area contributed by atoms with Crippen molar-refractivity contribution in [3.05, 3.63) is 24.3 Å². The molecule has 0 unspecified atom stereocenters. The van der Waals surface area contributed by atoms with Crippen molar-refractivity contribution < 1.29 is 27.6 Å². The largest absolute Gasteiger partial charge is 0.398 e. The van der Waals surface area contributed by atoms with Gasteiger partial charge in [0.1, 0.15) is 12.1 Å². The van der Waals surface area contributed by atoms with Crippen LogP contribution in [0.5, 0.6) is 0 Å². The van der Waals surface area contributed by atoms with Gasteiger partial charge in [-0.25, -0.2) is 4.79 Å². The zero-order valence-corrected chi connectivity index (χ0v) is 15.7. The number of urea groups is 1. The highest BCUT2D eigenvalue weighted by Gasteiger charge is 2.49. The molecule has 0 aliphatic carbocycles. The number of anilines is 1. The number of imide groups is 1. The number of alkyl halides is 3. The second-order valence-corrected chi connectivity index (χ2v) is 7.08. The van der Waals surface area contributed by atoms with Crippen molar-refractivity contribution >= 4 is 35.3 Å². The van der Waals surface area contributed by atoms with E-state index in [1.54, 1.807) is 26.0 Å². The van der Waals surface area contributed by atoms with E-state index < -0.39 is 41.9 Å². The van der Waals surface area contributed by atoms with E-state index in [-0.39, 0.29) is 10.6 Å². The minimum atomic E-state index is -4.34. The number of nitrogens with one attached hydrogen (secondary N) is 2. The molecule has 0 radical (unpaired) electrons. The molecule has 1 aromatic carbocycles. The minimum Gasteiger partial charge on any atom is -0.324 e. The Morgan fingerprint density at radius 2 is 1.85 bits per heavy atom. The summed E-state index contributed by atoms with van der Waals surface area (Å²) in [5.41, 5.74) is -0.821. The van der Waals surface area contributed by atoms with E-state index in [0.717, 1.165) is 4.90 Å². The Morgan fingerprint density at radius 1 is 1.22 bits per heavy atom. The van der Waals surface area contributed by atoms with Gasteiger partial charge in [-0.15, -0.1) is 11.8 Å². The standard InChI is InChI=1S/C17H20F3N3O3S/c1-3-16(4-2)14(25)23(15(26)22-16)9-13(24)21-11-7-5-6-8-12(11)27-10-17(18,19)20/h5-8H,3-4,9-10H2,1-2H3,(H,21,24)(H,22,26). The van der Waals surface area contributed by atoms with Crippen molar-refractivity contribution in [2.75, 3.05) is 17.6 Å². The predicted octanol–water partition coefficient (Wildman–Crippen LogP) is 3.39. The minimum absolute atomic E-state index is 0.195. The van der Waals surface area contributed by atoms with Crippen LogP contribution >= 0.6 is 11.8 Å². The zero-order chi connectivity index (χ0) is 20.2. The Kier molecular flexibility index (Phi) is 6.40. The second kappa shape index (κ2) is 8.20. The number of benzene rings is 1. The summed E-state index contributed by atoms with van der Waals surface area (Å²) in [6, 6.07) is 5.39.